The Bertz CT molecular complexity index is 1150. The Morgan fingerprint density at radius 1 is 0.972 bits per heavy atom. The molecular formula is C31H44O5. The van der Waals surface area contributed by atoms with Gasteiger partial charge in [-0.3, -0.25) is 0 Å². The van der Waals surface area contributed by atoms with Crippen LogP contribution in [0.4, 0.5) is 0 Å². The number of aliphatic hydroxyl groups excluding tert-OH is 1. The fourth-order valence-electron chi connectivity index (χ4n) is 8.78. The highest BCUT2D eigenvalue weighted by Gasteiger charge is 2.64. The SMILES string of the molecule is CC1=C2C[C@@]3(C)C[C@H](O)[C@](C)(C[C@@H]4OC(C)(C)O[C@@H]4[C@]4(C)COC(C)(C)O4)[C@H]3c3ccc(C)c(c32)C1. The van der Waals surface area contributed by atoms with Gasteiger partial charge in [0.25, 0.3) is 0 Å². The number of ether oxygens (including phenoxy) is 4. The molecule has 3 aliphatic carbocycles. The maximum absolute atomic E-state index is 11.8. The Kier molecular flexibility index (Phi) is 5.18. The Morgan fingerprint density at radius 2 is 1.69 bits per heavy atom. The fraction of sp³-hybridized carbons (Fsp3) is 0.742. The number of aryl methyl sites for hydroxylation is 1. The summed E-state index contributed by atoms with van der Waals surface area (Å²) in [6, 6.07) is 4.66. The molecule has 3 fully saturated rings. The normalized spacial score (nSPS) is 44.3. The van der Waals surface area contributed by atoms with Gasteiger partial charge in [-0.25, -0.2) is 0 Å². The Labute approximate surface area is 216 Å². The zero-order chi connectivity index (χ0) is 26.1. The third-order valence-corrected chi connectivity index (χ3v) is 10.1. The van der Waals surface area contributed by atoms with Gasteiger partial charge in [-0.15, -0.1) is 0 Å². The van der Waals surface area contributed by atoms with Crippen LogP contribution in [0.25, 0.3) is 5.57 Å². The van der Waals surface area contributed by atoms with Gasteiger partial charge in [0.1, 0.15) is 11.7 Å². The maximum Gasteiger partial charge on any atom is 0.163 e. The summed E-state index contributed by atoms with van der Waals surface area (Å²) in [6.07, 6.45) is 2.72. The number of aliphatic hydroxyl groups is 1. The molecule has 2 saturated heterocycles. The highest BCUT2D eigenvalue weighted by Crippen LogP contribution is 2.69. The van der Waals surface area contributed by atoms with Crippen molar-refractivity contribution in [1.82, 2.24) is 0 Å². The van der Waals surface area contributed by atoms with Gasteiger partial charge in [0.2, 0.25) is 0 Å². The lowest BCUT2D eigenvalue weighted by atomic mass is 9.58. The second-order valence-electron chi connectivity index (χ2n) is 14.2. The van der Waals surface area contributed by atoms with Crippen LogP contribution in [0.15, 0.2) is 17.7 Å². The van der Waals surface area contributed by atoms with E-state index in [4.69, 9.17) is 18.9 Å². The van der Waals surface area contributed by atoms with E-state index in [0.717, 1.165) is 19.3 Å². The quantitative estimate of drug-likeness (QED) is 0.553. The van der Waals surface area contributed by atoms with Gasteiger partial charge >= 0.3 is 0 Å². The van der Waals surface area contributed by atoms with Gasteiger partial charge in [-0.05, 0) is 113 Å². The molecule has 0 spiro atoms. The van der Waals surface area contributed by atoms with Gasteiger partial charge in [0.15, 0.2) is 11.6 Å². The Hall–Kier alpha value is -1.24. The minimum atomic E-state index is -0.720. The molecule has 198 valence electrons. The van der Waals surface area contributed by atoms with Crippen molar-refractivity contribution in [3.63, 3.8) is 0 Å². The molecule has 1 aromatic rings. The zero-order valence-corrected chi connectivity index (χ0v) is 23.6. The predicted octanol–water partition coefficient (Wildman–Crippen LogP) is 6.04. The van der Waals surface area contributed by atoms with Crippen molar-refractivity contribution in [2.75, 3.05) is 6.61 Å². The summed E-state index contributed by atoms with van der Waals surface area (Å²) in [7, 11) is 0. The van der Waals surface area contributed by atoms with Crippen LogP contribution in [0.1, 0.15) is 103 Å². The Morgan fingerprint density at radius 3 is 2.36 bits per heavy atom. The van der Waals surface area contributed by atoms with Crippen molar-refractivity contribution < 1.29 is 24.1 Å². The van der Waals surface area contributed by atoms with E-state index >= 15 is 0 Å². The fourth-order valence-corrected chi connectivity index (χ4v) is 8.78. The number of allylic oxidation sites excluding steroid dienone is 2. The summed E-state index contributed by atoms with van der Waals surface area (Å²) in [5, 5.41) is 11.8. The second kappa shape index (κ2) is 7.45. The average Bonchev–Trinajstić information content (AvgIpc) is 3.40. The lowest BCUT2D eigenvalue weighted by molar-refractivity contribution is -0.200. The zero-order valence-electron chi connectivity index (χ0n) is 23.6. The first-order valence-corrected chi connectivity index (χ1v) is 13.8. The molecule has 5 aliphatic rings. The number of hydrogen-bond acceptors (Lipinski definition) is 5. The van der Waals surface area contributed by atoms with Gasteiger partial charge in [0.05, 0.1) is 18.8 Å². The summed E-state index contributed by atoms with van der Waals surface area (Å²) in [4.78, 5) is 0. The molecule has 0 radical (unpaired) electrons. The van der Waals surface area contributed by atoms with E-state index < -0.39 is 23.3 Å². The van der Waals surface area contributed by atoms with Crippen molar-refractivity contribution in [2.45, 2.75) is 129 Å². The average molecular weight is 497 g/mol. The first-order chi connectivity index (χ1) is 16.6. The number of benzene rings is 1. The summed E-state index contributed by atoms with van der Waals surface area (Å²) in [5.74, 6) is -1.12. The van der Waals surface area contributed by atoms with E-state index in [1.165, 1.54) is 33.4 Å². The summed E-state index contributed by atoms with van der Waals surface area (Å²) in [5.41, 5.74) is 7.88. The van der Waals surface area contributed by atoms with Crippen LogP contribution < -0.4 is 0 Å². The van der Waals surface area contributed by atoms with Crippen LogP contribution in [-0.4, -0.2) is 47.2 Å². The van der Waals surface area contributed by atoms with E-state index in [2.05, 4.69) is 46.8 Å². The maximum atomic E-state index is 11.8. The molecule has 7 atom stereocenters. The third kappa shape index (κ3) is 3.46. The van der Waals surface area contributed by atoms with Crippen LogP contribution in [0.5, 0.6) is 0 Å². The predicted molar refractivity (Wildman–Crippen MR) is 140 cm³/mol. The topological polar surface area (TPSA) is 57.2 Å². The largest absolute Gasteiger partial charge is 0.393 e. The molecule has 1 saturated carbocycles. The minimum absolute atomic E-state index is 0.0119. The molecule has 5 heteroatoms. The summed E-state index contributed by atoms with van der Waals surface area (Å²) >= 11 is 0. The molecule has 36 heavy (non-hydrogen) atoms. The molecule has 5 nitrogen and oxygen atoms in total. The smallest absolute Gasteiger partial charge is 0.163 e. The summed E-state index contributed by atoms with van der Waals surface area (Å²) < 4.78 is 25.5. The highest BCUT2D eigenvalue weighted by atomic mass is 16.8. The van der Waals surface area contributed by atoms with E-state index in [0.29, 0.717) is 13.0 Å². The van der Waals surface area contributed by atoms with Gasteiger partial charge in [-0.1, -0.05) is 31.6 Å². The standard InChI is InChI=1S/C31H44O5/c1-17-10-11-19-24-20(17)12-18(2)21(24)13-29(7)15-23(32)30(8,25(19)29)14-22-26(35-28(5,6)34-22)31(9)16-33-27(3,4)36-31/h10-11,22-23,25-26,32H,12-16H2,1-9H3/t22-,23-,25-,26-,29-,30-,31-/m0/s1. The van der Waals surface area contributed by atoms with E-state index in [1.807, 2.05) is 27.7 Å². The first kappa shape index (κ1) is 25.1. The van der Waals surface area contributed by atoms with Crippen LogP contribution in [0.3, 0.4) is 0 Å². The molecule has 0 unspecified atom stereocenters. The van der Waals surface area contributed by atoms with Crippen LogP contribution >= 0.6 is 0 Å². The third-order valence-electron chi connectivity index (χ3n) is 10.1. The molecule has 1 N–H and O–H groups in total. The van der Waals surface area contributed by atoms with Crippen LogP contribution in [0, 0.1) is 17.8 Å². The van der Waals surface area contributed by atoms with Gasteiger partial charge < -0.3 is 24.1 Å². The molecule has 1 aromatic carbocycles. The lowest BCUT2D eigenvalue weighted by Crippen LogP contribution is -2.51. The van der Waals surface area contributed by atoms with E-state index in [1.54, 1.807) is 0 Å². The van der Waals surface area contributed by atoms with Gasteiger partial charge in [-0.2, -0.15) is 0 Å². The lowest BCUT2D eigenvalue weighted by Gasteiger charge is -2.46. The highest BCUT2D eigenvalue weighted by molar-refractivity contribution is 5.82. The van der Waals surface area contributed by atoms with E-state index in [-0.39, 0.29) is 29.0 Å². The second-order valence-corrected chi connectivity index (χ2v) is 14.2. The van der Waals surface area contributed by atoms with Crippen LogP contribution in [0.2, 0.25) is 0 Å². The van der Waals surface area contributed by atoms with Crippen molar-refractivity contribution in [3.05, 3.63) is 40.0 Å². The summed E-state index contributed by atoms with van der Waals surface area (Å²) in [6.45, 7) is 19.6. The Balaban J connectivity index is 1.41. The molecular weight excluding hydrogens is 452 g/mol. The van der Waals surface area contributed by atoms with Crippen molar-refractivity contribution >= 4 is 5.57 Å². The first-order valence-electron chi connectivity index (χ1n) is 13.8. The molecule has 6 rings (SSSR count). The van der Waals surface area contributed by atoms with Crippen molar-refractivity contribution in [1.29, 1.82) is 0 Å². The number of hydrogen-bond donors (Lipinski definition) is 1. The number of fused-ring (bicyclic) bond motifs is 2. The van der Waals surface area contributed by atoms with Crippen molar-refractivity contribution in [3.8, 4) is 0 Å². The minimum Gasteiger partial charge on any atom is -0.393 e. The molecule has 0 aromatic heterocycles. The van der Waals surface area contributed by atoms with Crippen LogP contribution in [-0.2, 0) is 25.4 Å². The molecule has 2 heterocycles. The van der Waals surface area contributed by atoms with Gasteiger partial charge in [0, 0.05) is 5.41 Å². The number of rotatable bonds is 3. The van der Waals surface area contributed by atoms with E-state index in [9.17, 15) is 5.11 Å². The van der Waals surface area contributed by atoms with Crippen molar-refractivity contribution in [2.24, 2.45) is 10.8 Å². The molecule has 0 amide bonds. The molecule has 2 aliphatic heterocycles. The monoisotopic (exact) mass is 496 g/mol. The molecule has 0 bridgehead atoms.